The van der Waals surface area contributed by atoms with Crippen molar-refractivity contribution in [3.05, 3.63) is 69.6 Å². The van der Waals surface area contributed by atoms with Gasteiger partial charge in [-0.3, -0.25) is 14.8 Å². The molecule has 2 heterocycles. The molecule has 2 N–H and O–H groups in total. The molecule has 0 spiro atoms. The lowest BCUT2D eigenvalue weighted by atomic mass is 9.83. The Labute approximate surface area is 164 Å². The highest BCUT2D eigenvalue weighted by atomic mass is 19.1. The number of hydrogen-bond acceptors (Lipinski definition) is 5. The number of rotatable bonds is 3. The third-order valence-electron chi connectivity index (χ3n) is 5.10. The number of nitrogens with zero attached hydrogens (tertiary/aromatic N) is 4. The lowest BCUT2D eigenvalue weighted by Gasteiger charge is -2.36. The number of anilines is 1. The number of hydrogen-bond donors (Lipinski definition) is 2. The molecule has 1 aromatic heterocycles. The first-order valence-corrected chi connectivity index (χ1v) is 8.85. The van der Waals surface area contributed by atoms with E-state index < -0.39 is 23.3 Å². The number of aliphatic imine (C=N–C) groups is 1. The van der Waals surface area contributed by atoms with Crippen molar-refractivity contribution >= 4 is 29.0 Å². The Morgan fingerprint density at radius 1 is 1.21 bits per heavy atom. The van der Waals surface area contributed by atoms with Crippen molar-refractivity contribution in [2.75, 3.05) is 19.4 Å². The fraction of sp³-hybridized carbons (Fsp3) is 0.200. The smallest absolute Gasteiger partial charge is 0.272 e. The zero-order valence-corrected chi connectivity index (χ0v) is 15.8. The third-order valence-corrected chi connectivity index (χ3v) is 5.10. The van der Waals surface area contributed by atoms with Gasteiger partial charge in [0, 0.05) is 31.9 Å². The molecule has 0 saturated heterocycles. The van der Waals surface area contributed by atoms with Crippen LogP contribution >= 0.6 is 0 Å². The van der Waals surface area contributed by atoms with Crippen LogP contribution in [0.2, 0.25) is 0 Å². The summed E-state index contributed by atoms with van der Waals surface area (Å²) in [5.41, 5.74) is 1.20. The summed E-state index contributed by atoms with van der Waals surface area (Å²) in [5, 5.41) is 16.2. The summed E-state index contributed by atoms with van der Waals surface area (Å²) in [6.07, 6.45) is 0. The van der Waals surface area contributed by atoms with Crippen molar-refractivity contribution < 1.29 is 8.78 Å². The average Bonchev–Trinajstić information content (AvgIpc) is 2.72. The molecule has 2 atom stereocenters. The maximum atomic E-state index is 14.2. The van der Waals surface area contributed by atoms with Gasteiger partial charge in [0.05, 0.1) is 23.0 Å². The van der Waals surface area contributed by atoms with E-state index >= 15 is 0 Å². The van der Waals surface area contributed by atoms with Gasteiger partial charge in [0.2, 0.25) is 0 Å². The van der Waals surface area contributed by atoms with Gasteiger partial charge in [0.15, 0.2) is 0 Å². The highest BCUT2D eigenvalue weighted by molar-refractivity contribution is 6.02. The number of amidine groups is 1. The van der Waals surface area contributed by atoms with Crippen LogP contribution in [0.5, 0.6) is 0 Å². The summed E-state index contributed by atoms with van der Waals surface area (Å²) in [4.78, 5) is 16.6. The van der Waals surface area contributed by atoms with Crippen LogP contribution in [0.1, 0.15) is 23.2 Å². The molecule has 0 aliphatic carbocycles. The highest BCUT2D eigenvalue weighted by Crippen LogP contribution is 2.44. The zero-order valence-electron chi connectivity index (χ0n) is 15.8. The van der Waals surface area contributed by atoms with Crippen LogP contribution < -0.4 is 10.9 Å². The maximum absolute atomic E-state index is 14.2. The van der Waals surface area contributed by atoms with Crippen molar-refractivity contribution in [2.45, 2.75) is 12.0 Å². The molecule has 4 rings (SSSR count). The van der Waals surface area contributed by atoms with Gasteiger partial charge in [0.1, 0.15) is 17.5 Å². The molecule has 7 nitrogen and oxygen atoms in total. The quantitative estimate of drug-likeness (QED) is 0.405. The Hall–Kier alpha value is -3.62. The molecule has 29 heavy (non-hydrogen) atoms. The second-order valence-corrected chi connectivity index (χ2v) is 6.71. The minimum absolute atomic E-state index is 0.185. The Morgan fingerprint density at radius 3 is 2.59 bits per heavy atom. The molecule has 0 saturated carbocycles. The van der Waals surface area contributed by atoms with Gasteiger partial charge in [-0.1, -0.05) is 12.1 Å². The van der Waals surface area contributed by atoms with E-state index in [1.807, 2.05) is 0 Å². The normalized spacial score (nSPS) is 18.4. The Bertz CT molecular complexity index is 1190. The summed E-state index contributed by atoms with van der Waals surface area (Å²) in [6.45, 7) is 3.55. The number of H-pyrrole nitrogens is 1. The molecule has 1 aliphatic heterocycles. The zero-order chi connectivity index (χ0) is 20.7. The Kier molecular flexibility index (Phi) is 4.57. The summed E-state index contributed by atoms with van der Waals surface area (Å²) >= 11 is 0. The second kappa shape index (κ2) is 7.08. The van der Waals surface area contributed by atoms with E-state index in [2.05, 4.69) is 32.3 Å². The number of likely N-dealkylation sites (N-methyl/N-ethyl adjacent to an activating group) is 1. The van der Waals surface area contributed by atoms with E-state index in [9.17, 15) is 13.6 Å². The summed E-state index contributed by atoms with van der Waals surface area (Å²) < 4.78 is 27.7. The largest absolute Gasteiger partial charge is 0.376 e. The first-order valence-electron chi connectivity index (χ1n) is 8.85. The number of aromatic nitrogens is 2. The minimum Gasteiger partial charge on any atom is -0.376 e. The number of nitrogens with one attached hydrogen (secondary N) is 2. The fourth-order valence-corrected chi connectivity index (χ4v) is 3.81. The van der Waals surface area contributed by atoms with Crippen molar-refractivity contribution in [2.24, 2.45) is 10.1 Å². The minimum atomic E-state index is -0.548. The monoisotopic (exact) mass is 396 g/mol. The summed E-state index contributed by atoms with van der Waals surface area (Å²) in [6, 6.07) is 8.01. The van der Waals surface area contributed by atoms with Gasteiger partial charge in [-0.2, -0.15) is 10.2 Å². The maximum Gasteiger partial charge on any atom is 0.272 e. The van der Waals surface area contributed by atoms with Crippen LogP contribution in [0.4, 0.5) is 14.5 Å². The third kappa shape index (κ3) is 3.04. The van der Waals surface area contributed by atoms with E-state index in [-0.39, 0.29) is 11.2 Å². The van der Waals surface area contributed by atoms with Gasteiger partial charge >= 0.3 is 0 Å². The topological polar surface area (TPSA) is 85.7 Å². The van der Waals surface area contributed by atoms with Crippen LogP contribution in [-0.2, 0) is 0 Å². The predicted molar refractivity (Wildman–Crippen MR) is 108 cm³/mol. The fourth-order valence-electron chi connectivity index (χ4n) is 3.81. The van der Waals surface area contributed by atoms with E-state index in [4.69, 9.17) is 0 Å². The molecule has 9 heteroatoms. The lowest BCUT2D eigenvalue weighted by Crippen LogP contribution is -2.37. The van der Waals surface area contributed by atoms with Gasteiger partial charge in [-0.25, -0.2) is 13.9 Å². The molecule has 2 unspecified atom stereocenters. The SMILES string of the molecule is C=NN(C)C(=NC)C1c2n[nH]c(=O)c3cc(F)cc(c23)NC1c1ccc(F)cc1. The molecule has 3 aromatic rings. The van der Waals surface area contributed by atoms with E-state index in [1.54, 1.807) is 26.2 Å². The number of halogens is 2. The average molecular weight is 396 g/mol. The Morgan fingerprint density at radius 2 is 1.93 bits per heavy atom. The molecular weight excluding hydrogens is 378 g/mol. The van der Waals surface area contributed by atoms with Crippen molar-refractivity contribution in [1.82, 2.24) is 15.2 Å². The van der Waals surface area contributed by atoms with Crippen molar-refractivity contribution in [3.8, 4) is 0 Å². The number of hydrazone groups is 1. The lowest BCUT2D eigenvalue weighted by molar-refractivity contribution is 0.502. The van der Waals surface area contributed by atoms with Crippen LogP contribution in [0.3, 0.4) is 0 Å². The van der Waals surface area contributed by atoms with Crippen LogP contribution in [-0.4, -0.2) is 41.9 Å². The van der Waals surface area contributed by atoms with Crippen molar-refractivity contribution in [3.63, 3.8) is 0 Å². The number of aromatic amines is 1. The van der Waals surface area contributed by atoms with Gasteiger partial charge in [-0.05, 0) is 29.8 Å². The second-order valence-electron chi connectivity index (χ2n) is 6.71. The van der Waals surface area contributed by atoms with E-state index in [1.165, 1.54) is 29.3 Å². The first-order chi connectivity index (χ1) is 13.9. The highest BCUT2D eigenvalue weighted by Gasteiger charge is 2.38. The molecule has 1 aliphatic rings. The van der Waals surface area contributed by atoms with E-state index in [0.29, 0.717) is 22.6 Å². The molecule has 0 bridgehead atoms. The Balaban J connectivity index is 2.02. The van der Waals surface area contributed by atoms with Crippen LogP contribution in [0.15, 0.2) is 51.3 Å². The van der Waals surface area contributed by atoms with E-state index in [0.717, 1.165) is 5.56 Å². The molecule has 0 amide bonds. The summed E-state index contributed by atoms with van der Waals surface area (Å²) in [5.74, 6) is -0.893. The molecular formula is C20H18F2N6O. The van der Waals surface area contributed by atoms with Gasteiger partial charge in [0.25, 0.3) is 5.56 Å². The summed E-state index contributed by atoms with van der Waals surface area (Å²) in [7, 11) is 3.31. The standard InChI is InChI=1S/C20H18F2N6O/c1-23-19(28(3)24-2)16-17(10-4-6-11(21)7-5-10)25-14-9-12(22)8-13-15(14)18(16)26-27-20(13)29/h4-9,16-17,25H,2H2,1,3H3,(H,27,29). The molecule has 2 aromatic carbocycles. The van der Waals surface area contributed by atoms with Crippen molar-refractivity contribution in [1.29, 1.82) is 0 Å². The molecule has 0 fully saturated rings. The molecule has 148 valence electrons. The van der Waals surface area contributed by atoms with Gasteiger partial charge < -0.3 is 5.32 Å². The molecule has 0 radical (unpaired) electrons. The number of benzene rings is 2. The van der Waals surface area contributed by atoms with Gasteiger partial charge in [-0.15, -0.1) is 0 Å². The first kappa shape index (κ1) is 18.7. The van der Waals surface area contributed by atoms with Crippen LogP contribution in [0.25, 0.3) is 10.8 Å². The predicted octanol–water partition coefficient (Wildman–Crippen LogP) is 3.03. The van der Waals surface area contributed by atoms with Crippen LogP contribution in [0, 0.1) is 11.6 Å².